The van der Waals surface area contributed by atoms with Crippen LogP contribution in [-0.4, -0.2) is 23.7 Å². The molecule has 1 amide bonds. The normalized spacial score (nSPS) is 32.1. The number of nitrogens with one attached hydrogen (secondary N) is 1. The van der Waals surface area contributed by atoms with E-state index in [-0.39, 0.29) is 26.5 Å². The third-order valence-electron chi connectivity index (χ3n) is 3.00. The van der Waals surface area contributed by atoms with Crippen LogP contribution in [0.15, 0.2) is 0 Å². The first-order chi connectivity index (χ1) is 6.16. The van der Waals surface area contributed by atoms with Crippen molar-refractivity contribution >= 4 is 6.41 Å². The Labute approximate surface area is 99.3 Å². The van der Waals surface area contributed by atoms with Gasteiger partial charge in [0.05, 0.1) is 6.10 Å². The van der Waals surface area contributed by atoms with Crippen molar-refractivity contribution in [2.24, 2.45) is 11.8 Å². The standard InChI is InChI=1S/C10H18NO2.Re/c1-7(2)8-4-3-5-9(10(8)13)11-6-12;/h7-10,13H,3-5H2,1-2H3,(H,11,12);/q-1;. The van der Waals surface area contributed by atoms with Crippen LogP contribution >= 0.6 is 0 Å². The van der Waals surface area contributed by atoms with Gasteiger partial charge in [0, 0.05) is 26.5 Å². The zero-order valence-corrected chi connectivity index (χ0v) is 11.4. The number of aliphatic hydroxyl groups excluding tert-OH is 1. The molecule has 1 radical (unpaired) electrons. The summed E-state index contributed by atoms with van der Waals surface area (Å²) < 4.78 is 0. The quantitative estimate of drug-likeness (QED) is 0.571. The summed E-state index contributed by atoms with van der Waals surface area (Å²) in [5.41, 5.74) is 0. The van der Waals surface area contributed by atoms with Crippen molar-refractivity contribution in [1.29, 1.82) is 0 Å². The summed E-state index contributed by atoms with van der Waals surface area (Å²) in [5, 5.41) is 12.5. The number of rotatable bonds is 3. The average Bonchev–Trinajstić information content (AvgIpc) is 2.08. The summed E-state index contributed by atoms with van der Waals surface area (Å²) in [6.45, 7) is 4.22. The first kappa shape index (κ1) is 14.1. The zero-order valence-electron chi connectivity index (χ0n) is 8.66. The molecule has 0 aromatic carbocycles. The van der Waals surface area contributed by atoms with Gasteiger partial charge < -0.3 is 15.2 Å². The fourth-order valence-electron chi connectivity index (χ4n) is 2.17. The number of carbonyl (C=O) groups excluding carboxylic acids is 1. The van der Waals surface area contributed by atoms with Crippen molar-refractivity contribution in [2.45, 2.75) is 45.3 Å². The Morgan fingerprint density at radius 1 is 1.43 bits per heavy atom. The van der Waals surface area contributed by atoms with E-state index in [0.29, 0.717) is 11.8 Å². The molecule has 83 valence electrons. The first-order valence-electron chi connectivity index (χ1n) is 4.97. The minimum absolute atomic E-state index is 0. The van der Waals surface area contributed by atoms with Crippen LogP contribution in [0.5, 0.6) is 0 Å². The fraction of sp³-hybridized carbons (Fsp3) is 0.900. The molecule has 4 heteroatoms. The second-order valence-corrected chi connectivity index (χ2v) is 4.18. The summed E-state index contributed by atoms with van der Waals surface area (Å²) in [4.78, 5) is 10.1. The predicted molar refractivity (Wildman–Crippen MR) is 50.8 cm³/mol. The second kappa shape index (κ2) is 6.55. The first-order valence-corrected chi connectivity index (χ1v) is 4.97. The SMILES string of the molecule is CC(C)C1CCCC(N[C-]=O)C1O.[Re]. The Morgan fingerprint density at radius 3 is 2.57 bits per heavy atom. The van der Waals surface area contributed by atoms with Gasteiger partial charge in [0.1, 0.15) is 0 Å². The van der Waals surface area contributed by atoms with Crippen LogP contribution in [0.1, 0.15) is 33.1 Å². The second-order valence-electron chi connectivity index (χ2n) is 4.18. The molecule has 0 aromatic heterocycles. The van der Waals surface area contributed by atoms with Gasteiger partial charge in [-0.3, -0.25) is 0 Å². The van der Waals surface area contributed by atoms with Gasteiger partial charge in [-0.15, -0.1) is 0 Å². The Balaban J connectivity index is 0.00000169. The van der Waals surface area contributed by atoms with Gasteiger partial charge in [-0.05, 0) is 24.7 Å². The van der Waals surface area contributed by atoms with Crippen LogP contribution in [-0.2, 0) is 25.2 Å². The van der Waals surface area contributed by atoms with Crippen LogP contribution in [0.4, 0.5) is 0 Å². The van der Waals surface area contributed by atoms with Crippen LogP contribution in [0.25, 0.3) is 0 Å². The molecule has 3 unspecified atom stereocenters. The molecule has 3 nitrogen and oxygen atoms in total. The van der Waals surface area contributed by atoms with Crippen LogP contribution in [0.2, 0.25) is 0 Å². The van der Waals surface area contributed by atoms with E-state index in [9.17, 15) is 9.90 Å². The summed E-state index contributed by atoms with van der Waals surface area (Å²) in [7, 11) is 0. The van der Waals surface area contributed by atoms with Crippen molar-refractivity contribution in [1.82, 2.24) is 5.32 Å². The number of aliphatic hydroxyl groups is 1. The maximum atomic E-state index is 10.1. The van der Waals surface area contributed by atoms with Gasteiger partial charge in [0.25, 0.3) is 0 Å². The van der Waals surface area contributed by atoms with Gasteiger partial charge >= 0.3 is 0 Å². The van der Waals surface area contributed by atoms with E-state index in [1.807, 2.05) is 0 Å². The molecule has 0 aromatic rings. The van der Waals surface area contributed by atoms with Crippen LogP contribution < -0.4 is 5.32 Å². The Hall–Kier alpha value is 0.0923. The van der Waals surface area contributed by atoms with Gasteiger partial charge in [0.15, 0.2) is 0 Å². The van der Waals surface area contributed by atoms with E-state index >= 15 is 0 Å². The molecular formula is C10H18NO2Re-. The van der Waals surface area contributed by atoms with E-state index in [0.717, 1.165) is 19.3 Å². The third-order valence-corrected chi connectivity index (χ3v) is 3.00. The zero-order chi connectivity index (χ0) is 9.84. The predicted octanol–water partition coefficient (Wildman–Crippen LogP) is 0.826. The molecule has 0 spiro atoms. The maximum Gasteiger partial charge on any atom is 0.0746 e. The van der Waals surface area contributed by atoms with Gasteiger partial charge in [-0.1, -0.05) is 20.3 Å². The van der Waals surface area contributed by atoms with E-state index < -0.39 is 6.10 Å². The number of hydrogen-bond acceptors (Lipinski definition) is 2. The van der Waals surface area contributed by atoms with E-state index in [1.165, 1.54) is 0 Å². The molecule has 0 aliphatic heterocycles. The molecular weight excluding hydrogens is 352 g/mol. The molecule has 14 heavy (non-hydrogen) atoms. The molecule has 0 heterocycles. The van der Waals surface area contributed by atoms with Gasteiger partial charge in [-0.2, -0.15) is 6.41 Å². The monoisotopic (exact) mass is 371 g/mol. The van der Waals surface area contributed by atoms with Crippen molar-refractivity contribution < 1.29 is 30.3 Å². The third kappa shape index (κ3) is 3.34. The summed E-state index contributed by atoms with van der Waals surface area (Å²) >= 11 is 0. The summed E-state index contributed by atoms with van der Waals surface area (Å²) in [5.74, 6) is 0.797. The van der Waals surface area contributed by atoms with Crippen molar-refractivity contribution in [3.8, 4) is 0 Å². The van der Waals surface area contributed by atoms with Crippen molar-refractivity contribution in [3.63, 3.8) is 0 Å². The number of hydrogen-bond donors (Lipinski definition) is 2. The van der Waals surface area contributed by atoms with Crippen LogP contribution in [0, 0.1) is 11.8 Å². The minimum atomic E-state index is -0.393. The van der Waals surface area contributed by atoms with E-state index in [1.54, 1.807) is 6.41 Å². The summed E-state index contributed by atoms with van der Waals surface area (Å²) in [6.07, 6.45) is 4.30. The molecule has 0 bridgehead atoms. The van der Waals surface area contributed by atoms with Crippen molar-refractivity contribution in [2.75, 3.05) is 0 Å². The van der Waals surface area contributed by atoms with Crippen LogP contribution in [0.3, 0.4) is 0 Å². The van der Waals surface area contributed by atoms with Gasteiger partial charge in [-0.25, -0.2) is 0 Å². The molecule has 1 fully saturated rings. The number of amides is 1. The maximum absolute atomic E-state index is 10.1. The molecule has 2 N–H and O–H groups in total. The Bertz CT molecular complexity index is 176. The molecule has 1 rings (SSSR count). The molecule has 1 saturated carbocycles. The smallest absolute Gasteiger partial charge is 0.0746 e. The largest absolute Gasteiger partial charge is 0.525 e. The van der Waals surface area contributed by atoms with E-state index in [4.69, 9.17) is 0 Å². The van der Waals surface area contributed by atoms with Gasteiger partial charge in [0.2, 0.25) is 0 Å². The van der Waals surface area contributed by atoms with E-state index in [2.05, 4.69) is 19.2 Å². The topological polar surface area (TPSA) is 49.3 Å². The molecule has 0 saturated heterocycles. The van der Waals surface area contributed by atoms with Crippen molar-refractivity contribution in [3.05, 3.63) is 0 Å². The average molecular weight is 370 g/mol. The Kier molecular flexibility index (Phi) is 6.60. The minimum Gasteiger partial charge on any atom is -0.525 e. The Morgan fingerprint density at radius 2 is 2.07 bits per heavy atom. The summed E-state index contributed by atoms with van der Waals surface area (Å²) in [6, 6.07) is -0.0846. The molecule has 3 atom stereocenters. The molecule has 1 aliphatic carbocycles. The molecule has 1 aliphatic rings. The fourth-order valence-corrected chi connectivity index (χ4v) is 2.17.